The Balaban J connectivity index is 1.49. The van der Waals surface area contributed by atoms with Crippen LogP contribution in [0.1, 0.15) is 33.4 Å². The van der Waals surface area contributed by atoms with Crippen LogP contribution in [0.2, 0.25) is 0 Å². The molecule has 5 rings (SSSR count). The Kier molecular flexibility index (Phi) is 7.19. The maximum atomic E-state index is 13.9. The Bertz CT molecular complexity index is 1480. The van der Waals surface area contributed by atoms with E-state index < -0.39 is 10.0 Å². The summed E-state index contributed by atoms with van der Waals surface area (Å²) in [7, 11) is -2.48. The third-order valence-electron chi connectivity index (χ3n) is 6.69. The SMILES string of the molecule is COc1ccc(S(=O)(=O)N(CC(=O)N2CCc3sccc3C2c2ccccc2C)Cc2ccco2)cc1. The lowest BCUT2D eigenvalue weighted by atomic mass is 9.90. The summed E-state index contributed by atoms with van der Waals surface area (Å²) in [6, 6.07) is 19.4. The highest BCUT2D eigenvalue weighted by Gasteiger charge is 2.36. The van der Waals surface area contributed by atoms with Crippen molar-refractivity contribution >= 4 is 27.3 Å². The van der Waals surface area contributed by atoms with Gasteiger partial charge in [0.15, 0.2) is 0 Å². The van der Waals surface area contributed by atoms with Crippen molar-refractivity contribution in [1.82, 2.24) is 9.21 Å². The first-order valence-corrected chi connectivity index (χ1v) is 14.3. The standard InChI is InChI=1S/C28H28N2O5S2/c1-20-6-3-4-8-24(20)28-25-14-17-36-26(25)13-15-30(28)27(31)19-29(18-22-7-5-16-35-22)37(32,33)23-11-9-21(34-2)10-12-23/h3-12,14,16-17,28H,13,15,18-19H2,1-2H3. The molecular formula is C28H28N2O5S2. The van der Waals surface area contributed by atoms with Crippen LogP contribution in [0.4, 0.5) is 0 Å². The van der Waals surface area contributed by atoms with Crippen LogP contribution in [0.15, 0.2) is 87.7 Å². The number of carbonyl (C=O) groups is 1. The minimum absolute atomic E-state index is 0.0559. The molecule has 9 heteroatoms. The highest BCUT2D eigenvalue weighted by molar-refractivity contribution is 7.89. The fraction of sp³-hybridized carbons (Fsp3) is 0.250. The van der Waals surface area contributed by atoms with E-state index in [9.17, 15) is 13.2 Å². The van der Waals surface area contributed by atoms with Gasteiger partial charge in [0, 0.05) is 11.4 Å². The van der Waals surface area contributed by atoms with Gasteiger partial charge in [-0.1, -0.05) is 24.3 Å². The van der Waals surface area contributed by atoms with Crippen molar-refractivity contribution in [3.05, 3.63) is 106 Å². The van der Waals surface area contributed by atoms with Crippen molar-refractivity contribution in [2.45, 2.75) is 30.8 Å². The Labute approximate surface area is 221 Å². The van der Waals surface area contributed by atoms with Gasteiger partial charge in [0.25, 0.3) is 0 Å². The molecule has 0 aliphatic carbocycles. The van der Waals surface area contributed by atoms with Crippen molar-refractivity contribution < 1.29 is 22.4 Å². The van der Waals surface area contributed by atoms with Crippen LogP contribution in [0.3, 0.4) is 0 Å². The van der Waals surface area contributed by atoms with Crippen LogP contribution in [0.5, 0.6) is 5.75 Å². The lowest BCUT2D eigenvalue weighted by Crippen LogP contribution is -2.46. The molecular weight excluding hydrogens is 508 g/mol. The molecule has 2 aromatic carbocycles. The first kappa shape index (κ1) is 25.3. The van der Waals surface area contributed by atoms with E-state index >= 15 is 0 Å². The maximum Gasteiger partial charge on any atom is 0.243 e. The van der Waals surface area contributed by atoms with Crippen LogP contribution in [0, 0.1) is 6.92 Å². The summed E-state index contributed by atoms with van der Waals surface area (Å²) in [6.07, 6.45) is 2.23. The van der Waals surface area contributed by atoms with E-state index in [-0.39, 0.29) is 29.9 Å². The van der Waals surface area contributed by atoms with E-state index in [2.05, 4.69) is 11.4 Å². The number of fused-ring (bicyclic) bond motifs is 1. The Morgan fingerprint density at radius 3 is 2.57 bits per heavy atom. The van der Waals surface area contributed by atoms with Crippen molar-refractivity contribution in [2.75, 3.05) is 20.2 Å². The van der Waals surface area contributed by atoms with E-state index in [1.165, 1.54) is 34.7 Å². The molecule has 0 N–H and O–H groups in total. The zero-order chi connectivity index (χ0) is 26.0. The van der Waals surface area contributed by atoms with Crippen LogP contribution in [-0.2, 0) is 27.8 Å². The van der Waals surface area contributed by atoms with Gasteiger partial charge in [-0.2, -0.15) is 4.31 Å². The summed E-state index contributed by atoms with van der Waals surface area (Å²) in [5.41, 5.74) is 3.24. The van der Waals surface area contributed by atoms with Gasteiger partial charge in [-0.3, -0.25) is 4.79 Å². The zero-order valence-electron chi connectivity index (χ0n) is 20.7. The molecule has 7 nitrogen and oxygen atoms in total. The molecule has 1 amide bonds. The molecule has 0 bridgehead atoms. The monoisotopic (exact) mass is 536 g/mol. The highest BCUT2D eigenvalue weighted by Crippen LogP contribution is 2.39. The van der Waals surface area contributed by atoms with E-state index in [1.54, 1.807) is 35.6 Å². The molecule has 3 heterocycles. The number of carbonyl (C=O) groups excluding carboxylic acids is 1. The number of methoxy groups -OCH3 is 1. The predicted octanol–water partition coefficient (Wildman–Crippen LogP) is 5.02. The highest BCUT2D eigenvalue weighted by atomic mass is 32.2. The number of ether oxygens (including phenoxy) is 1. The summed E-state index contributed by atoms with van der Waals surface area (Å²) in [4.78, 5) is 17.1. The molecule has 1 aliphatic heterocycles. The molecule has 1 atom stereocenters. The lowest BCUT2D eigenvalue weighted by molar-refractivity contribution is -0.133. The molecule has 192 valence electrons. The van der Waals surface area contributed by atoms with E-state index in [0.29, 0.717) is 18.1 Å². The quantitative estimate of drug-likeness (QED) is 0.316. The Morgan fingerprint density at radius 1 is 1.08 bits per heavy atom. The number of amides is 1. The number of benzene rings is 2. The van der Waals surface area contributed by atoms with Crippen LogP contribution >= 0.6 is 11.3 Å². The summed E-state index contributed by atoms with van der Waals surface area (Å²) < 4.78 is 39.2. The second-order valence-corrected chi connectivity index (χ2v) is 11.9. The van der Waals surface area contributed by atoms with Gasteiger partial charge in [0.1, 0.15) is 11.5 Å². The van der Waals surface area contributed by atoms with Gasteiger partial charge in [0.05, 0.1) is 37.4 Å². The molecule has 0 fully saturated rings. The molecule has 0 spiro atoms. The van der Waals surface area contributed by atoms with Crippen molar-refractivity contribution in [1.29, 1.82) is 0 Å². The summed E-state index contributed by atoms with van der Waals surface area (Å²) in [5.74, 6) is 0.751. The van der Waals surface area contributed by atoms with Gasteiger partial charge >= 0.3 is 0 Å². The molecule has 0 saturated carbocycles. The zero-order valence-corrected chi connectivity index (χ0v) is 22.3. The Hall–Kier alpha value is -3.40. The van der Waals surface area contributed by atoms with Crippen LogP contribution in [0.25, 0.3) is 0 Å². The van der Waals surface area contributed by atoms with Gasteiger partial charge in [0.2, 0.25) is 15.9 Å². The number of thiophene rings is 1. The number of hydrogen-bond donors (Lipinski definition) is 0. The van der Waals surface area contributed by atoms with Crippen molar-refractivity contribution in [3.8, 4) is 5.75 Å². The predicted molar refractivity (Wildman–Crippen MR) is 142 cm³/mol. The topological polar surface area (TPSA) is 80.1 Å². The number of nitrogens with zero attached hydrogens (tertiary/aromatic N) is 2. The van der Waals surface area contributed by atoms with E-state index in [4.69, 9.17) is 9.15 Å². The third kappa shape index (κ3) is 5.07. The fourth-order valence-electron chi connectivity index (χ4n) is 4.75. The van der Waals surface area contributed by atoms with Crippen LogP contribution in [-0.4, -0.2) is 43.7 Å². The third-order valence-corrected chi connectivity index (χ3v) is 9.49. The van der Waals surface area contributed by atoms with Gasteiger partial charge < -0.3 is 14.1 Å². The maximum absolute atomic E-state index is 13.9. The number of rotatable bonds is 8. The normalized spacial score (nSPS) is 15.5. The second kappa shape index (κ2) is 10.5. The molecule has 0 radical (unpaired) electrons. The molecule has 0 saturated heterocycles. The van der Waals surface area contributed by atoms with E-state index in [0.717, 1.165) is 23.1 Å². The first-order chi connectivity index (χ1) is 17.9. The number of furan rings is 1. The minimum Gasteiger partial charge on any atom is -0.497 e. The van der Waals surface area contributed by atoms with Gasteiger partial charge in [-0.05, 0) is 77.9 Å². The smallest absolute Gasteiger partial charge is 0.243 e. The number of hydrogen-bond acceptors (Lipinski definition) is 6. The van der Waals surface area contributed by atoms with E-state index in [1.807, 2.05) is 36.1 Å². The molecule has 1 unspecified atom stereocenters. The molecule has 1 aliphatic rings. The number of sulfonamides is 1. The molecule has 2 aromatic heterocycles. The van der Waals surface area contributed by atoms with Gasteiger partial charge in [-0.15, -0.1) is 11.3 Å². The van der Waals surface area contributed by atoms with Crippen molar-refractivity contribution in [3.63, 3.8) is 0 Å². The number of aryl methyl sites for hydroxylation is 1. The van der Waals surface area contributed by atoms with Crippen LogP contribution < -0.4 is 4.74 Å². The lowest BCUT2D eigenvalue weighted by Gasteiger charge is -2.38. The molecule has 4 aromatic rings. The Morgan fingerprint density at radius 2 is 1.86 bits per heavy atom. The van der Waals surface area contributed by atoms with Gasteiger partial charge in [-0.25, -0.2) is 8.42 Å². The fourth-order valence-corrected chi connectivity index (χ4v) is 7.01. The minimum atomic E-state index is -4.00. The first-order valence-electron chi connectivity index (χ1n) is 12.0. The average molecular weight is 537 g/mol. The van der Waals surface area contributed by atoms with Crippen molar-refractivity contribution in [2.24, 2.45) is 0 Å². The molecule has 37 heavy (non-hydrogen) atoms. The summed E-state index contributed by atoms with van der Waals surface area (Å²) in [6.45, 7) is 2.19. The summed E-state index contributed by atoms with van der Waals surface area (Å²) >= 11 is 1.70. The summed E-state index contributed by atoms with van der Waals surface area (Å²) in [5, 5.41) is 2.06. The largest absolute Gasteiger partial charge is 0.497 e. The average Bonchev–Trinajstić information content (AvgIpc) is 3.60. The second-order valence-electron chi connectivity index (χ2n) is 8.92.